The summed E-state index contributed by atoms with van der Waals surface area (Å²) in [5, 5.41) is 8.94. The number of alkyl halides is 3. The first-order chi connectivity index (χ1) is 7.79. The van der Waals surface area contributed by atoms with E-state index >= 15 is 0 Å². The van der Waals surface area contributed by atoms with Crippen LogP contribution in [0.1, 0.15) is 11.6 Å². The topological polar surface area (TPSA) is 55.5 Å². The molecule has 0 fully saturated rings. The lowest BCUT2D eigenvalue weighted by molar-refractivity contribution is -0.210. The third kappa shape index (κ3) is 2.86. The van der Waals surface area contributed by atoms with Crippen LogP contribution in [0.4, 0.5) is 17.6 Å². The summed E-state index contributed by atoms with van der Waals surface area (Å²) in [6.45, 7) is 0. The second kappa shape index (κ2) is 4.89. The van der Waals surface area contributed by atoms with Crippen molar-refractivity contribution in [2.24, 2.45) is 5.73 Å². The molecule has 1 aromatic carbocycles. The van der Waals surface area contributed by atoms with E-state index in [-0.39, 0.29) is 5.75 Å². The predicted octanol–water partition coefficient (Wildman–Crippen LogP) is 1.76. The Bertz CT molecular complexity index is 394. The molecule has 0 unspecified atom stereocenters. The molecule has 0 aromatic heterocycles. The Morgan fingerprint density at radius 2 is 1.94 bits per heavy atom. The summed E-state index contributed by atoms with van der Waals surface area (Å²) in [5.74, 6) is -1.24. The molecule has 96 valence electrons. The first-order valence-electron chi connectivity index (χ1n) is 4.61. The van der Waals surface area contributed by atoms with Crippen molar-refractivity contribution in [3.8, 4) is 5.75 Å². The van der Waals surface area contributed by atoms with Gasteiger partial charge in [-0.2, -0.15) is 13.2 Å². The van der Waals surface area contributed by atoms with Gasteiger partial charge >= 0.3 is 6.18 Å². The maximum atomic E-state index is 13.6. The van der Waals surface area contributed by atoms with Crippen molar-refractivity contribution >= 4 is 0 Å². The highest BCUT2D eigenvalue weighted by molar-refractivity contribution is 5.33. The first-order valence-corrected chi connectivity index (χ1v) is 4.61. The van der Waals surface area contributed by atoms with Crippen LogP contribution < -0.4 is 10.5 Å². The average molecular weight is 253 g/mol. The number of hydrogen-bond donors (Lipinski definition) is 2. The molecule has 1 aromatic rings. The van der Waals surface area contributed by atoms with Gasteiger partial charge in [0.1, 0.15) is 0 Å². The SMILES string of the molecule is COc1cccc([C@@H](N)[C@@H](O)C(F)(F)F)c1F. The first kappa shape index (κ1) is 13.7. The molecule has 0 aliphatic heterocycles. The smallest absolute Gasteiger partial charge is 0.416 e. The Hall–Kier alpha value is -1.34. The summed E-state index contributed by atoms with van der Waals surface area (Å²) in [4.78, 5) is 0. The van der Waals surface area contributed by atoms with Crippen molar-refractivity contribution in [2.75, 3.05) is 7.11 Å². The van der Waals surface area contributed by atoms with E-state index < -0.39 is 29.7 Å². The fourth-order valence-electron chi connectivity index (χ4n) is 1.32. The summed E-state index contributed by atoms with van der Waals surface area (Å²) < 4.78 is 54.8. The quantitative estimate of drug-likeness (QED) is 0.807. The minimum atomic E-state index is -4.91. The van der Waals surface area contributed by atoms with Gasteiger partial charge in [-0.15, -0.1) is 0 Å². The number of aliphatic hydroxyl groups is 1. The van der Waals surface area contributed by atoms with Crippen LogP contribution in [0.15, 0.2) is 18.2 Å². The molecule has 7 heteroatoms. The van der Waals surface area contributed by atoms with Crippen molar-refractivity contribution in [1.82, 2.24) is 0 Å². The van der Waals surface area contributed by atoms with E-state index in [4.69, 9.17) is 10.8 Å². The zero-order valence-corrected chi connectivity index (χ0v) is 8.83. The van der Waals surface area contributed by atoms with Crippen molar-refractivity contribution in [3.05, 3.63) is 29.6 Å². The highest BCUT2D eigenvalue weighted by Gasteiger charge is 2.43. The average Bonchev–Trinajstić information content (AvgIpc) is 2.26. The van der Waals surface area contributed by atoms with Gasteiger partial charge in [0.25, 0.3) is 0 Å². The van der Waals surface area contributed by atoms with E-state index in [0.29, 0.717) is 0 Å². The highest BCUT2D eigenvalue weighted by atomic mass is 19.4. The van der Waals surface area contributed by atoms with E-state index in [2.05, 4.69) is 4.74 Å². The molecule has 2 atom stereocenters. The third-order valence-electron chi connectivity index (χ3n) is 2.25. The van der Waals surface area contributed by atoms with E-state index in [1.54, 1.807) is 0 Å². The van der Waals surface area contributed by atoms with E-state index in [9.17, 15) is 17.6 Å². The lowest BCUT2D eigenvalue weighted by Gasteiger charge is -2.22. The molecule has 0 saturated carbocycles. The van der Waals surface area contributed by atoms with Gasteiger partial charge in [-0.05, 0) is 6.07 Å². The molecule has 0 amide bonds. The van der Waals surface area contributed by atoms with Gasteiger partial charge in [0.15, 0.2) is 17.7 Å². The number of nitrogens with two attached hydrogens (primary N) is 1. The lowest BCUT2D eigenvalue weighted by atomic mass is 10.0. The molecule has 3 nitrogen and oxygen atoms in total. The molecule has 3 N–H and O–H groups in total. The fraction of sp³-hybridized carbons (Fsp3) is 0.400. The molecule has 17 heavy (non-hydrogen) atoms. The second-order valence-corrected chi connectivity index (χ2v) is 3.38. The van der Waals surface area contributed by atoms with E-state index in [1.165, 1.54) is 19.2 Å². The number of benzene rings is 1. The third-order valence-corrected chi connectivity index (χ3v) is 2.25. The molecule has 0 aliphatic rings. The van der Waals surface area contributed by atoms with Crippen molar-refractivity contribution < 1.29 is 27.4 Å². The zero-order valence-electron chi connectivity index (χ0n) is 8.83. The van der Waals surface area contributed by atoms with Gasteiger partial charge in [-0.25, -0.2) is 4.39 Å². The zero-order chi connectivity index (χ0) is 13.2. The molecule has 0 aliphatic carbocycles. The lowest BCUT2D eigenvalue weighted by Crippen LogP contribution is -2.39. The molecule has 0 bridgehead atoms. The number of methoxy groups -OCH3 is 1. The van der Waals surface area contributed by atoms with Crippen LogP contribution in [0.3, 0.4) is 0 Å². The van der Waals surface area contributed by atoms with Gasteiger partial charge in [-0.3, -0.25) is 0 Å². The molecule has 0 radical (unpaired) electrons. The predicted molar refractivity (Wildman–Crippen MR) is 51.9 cm³/mol. The molecular formula is C10H11F4NO2. The maximum absolute atomic E-state index is 13.6. The standard InChI is InChI=1S/C10H11F4NO2/c1-17-6-4-2-3-5(7(6)11)8(15)9(16)10(12,13)14/h2-4,8-9,16H,15H2,1H3/t8-,9-/m1/s1. The summed E-state index contributed by atoms with van der Waals surface area (Å²) in [6.07, 6.45) is -7.74. The van der Waals surface area contributed by atoms with Crippen LogP contribution in [0.25, 0.3) is 0 Å². The van der Waals surface area contributed by atoms with Crippen LogP contribution in [0, 0.1) is 5.82 Å². The maximum Gasteiger partial charge on any atom is 0.416 e. The summed E-state index contributed by atoms with van der Waals surface area (Å²) in [6, 6.07) is 1.70. The summed E-state index contributed by atoms with van der Waals surface area (Å²) >= 11 is 0. The summed E-state index contributed by atoms with van der Waals surface area (Å²) in [7, 11) is 1.17. The van der Waals surface area contributed by atoms with Crippen LogP contribution in [-0.4, -0.2) is 24.5 Å². The van der Waals surface area contributed by atoms with Crippen LogP contribution in [0.2, 0.25) is 0 Å². The normalized spacial score (nSPS) is 15.5. The second-order valence-electron chi connectivity index (χ2n) is 3.38. The number of halogens is 4. The summed E-state index contributed by atoms with van der Waals surface area (Å²) in [5.41, 5.74) is 4.73. The van der Waals surface area contributed by atoms with Gasteiger partial charge in [0.05, 0.1) is 13.2 Å². The van der Waals surface area contributed by atoms with Gasteiger partial charge in [-0.1, -0.05) is 12.1 Å². The molecule has 0 spiro atoms. The Labute approximate surface area is 94.8 Å². The Balaban J connectivity index is 3.08. The largest absolute Gasteiger partial charge is 0.494 e. The van der Waals surface area contributed by atoms with E-state index in [0.717, 1.165) is 6.07 Å². The number of ether oxygens (including phenoxy) is 1. The Morgan fingerprint density at radius 3 is 2.41 bits per heavy atom. The van der Waals surface area contributed by atoms with E-state index in [1.807, 2.05) is 0 Å². The molecule has 0 heterocycles. The van der Waals surface area contributed by atoms with Gasteiger partial charge in [0.2, 0.25) is 0 Å². The van der Waals surface area contributed by atoms with Crippen LogP contribution >= 0.6 is 0 Å². The minimum Gasteiger partial charge on any atom is -0.494 e. The van der Waals surface area contributed by atoms with Crippen LogP contribution in [-0.2, 0) is 0 Å². The molecular weight excluding hydrogens is 242 g/mol. The minimum absolute atomic E-state index is 0.229. The Kier molecular flexibility index (Phi) is 3.94. The Morgan fingerprint density at radius 1 is 1.35 bits per heavy atom. The van der Waals surface area contributed by atoms with Crippen LogP contribution in [0.5, 0.6) is 5.75 Å². The molecule has 1 rings (SSSR count). The van der Waals surface area contributed by atoms with Crippen molar-refractivity contribution in [2.45, 2.75) is 18.3 Å². The van der Waals surface area contributed by atoms with Gasteiger partial charge < -0.3 is 15.6 Å². The van der Waals surface area contributed by atoms with Crippen molar-refractivity contribution in [1.29, 1.82) is 0 Å². The highest BCUT2D eigenvalue weighted by Crippen LogP contribution is 2.32. The van der Waals surface area contributed by atoms with Gasteiger partial charge in [0, 0.05) is 5.56 Å². The number of aliphatic hydroxyl groups excluding tert-OH is 1. The fourth-order valence-corrected chi connectivity index (χ4v) is 1.32. The van der Waals surface area contributed by atoms with Crippen molar-refractivity contribution in [3.63, 3.8) is 0 Å². The monoisotopic (exact) mass is 253 g/mol. The number of hydrogen-bond acceptors (Lipinski definition) is 3. The molecule has 0 saturated heterocycles. The number of rotatable bonds is 3.